The summed E-state index contributed by atoms with van der Waals surface area (Å²) in [5.74, 6) is -7.03. The molecule has 7 nitrogen and oxygen atoms in total. The summed E-state index contributed by atoms with van der Waals surface area (Å²) in [6, 6.07) is 9.81. The van der Waals surface area contributed by atoms with Crippen LogP contribution in [0.3, 0.4) is 0 Å². The van der Waals surface area contributed by atoms with Crippen molar-refractivity contribution < 1.29 is 36.4 Å². The molecule has 134 valence electrons. The van der Waals surface area contributed by atoms with Gasteiger partial charge in [0.2, 0.25) is 9.84 Å². The van der Waals surface area contributed by atoms with Crippen LogP contribution in [0.25, 0.3) is 0 Å². The third kappa shape index (κ3) is 2.73. The number of fused-ring (bicyclic) bond motifs is 1. The van der Waals surface area contributed by atoms with Gasteiger partial charge in [-0.2, -0.15) is 8.78 Å². The zero-order valence-corrected chi connectivity index (χ0v) is 13.6. The Bertz CT molecular complexity index is 1000. The highest BCUT2D eigenvalue weighted by Gasteiger charge is 2.40. The van der Waals surface area contributed by atoms with Gasteiger partial charge in [0, 0.05) is 0 Å². The van der Waals surface area contributed by atoms with Gasteiger partial charge in [-0.25, -0.2) is 13.2 Å². The van der Waals surface area contributed by atoms with Crippen molar-refractivity contribution in [2.75, 3.05) is 0 Å². The molecule has 1 heterocycles. The Kier molecular flexibility index (Phi) is 4.28. The second-order valence-electron chi connectivity index (χ2n) is 5.13. The minimum absolute atomic E-state index is 0.00112. The van der Waals surface area contributed by atoms with E-state index in [4.69, 9.17) is 4.84 Å². The molecule has 0 N–H and O–H groups in total. The number of hydrogen-bond donors (Lipinski definition) is 0. The molecule has 1 aliphatic heterocycles. The smallest absolute Gasteiger partial charge is 0.324 e. The van der Waals surface area contributed by atoms with E-state index in [0.29, 0.717) is 0 Å². The van der Waals surface area contributed by atoms with Crippen LogP contribution in [0, 0.1) is 0 Å². The highest BCUT2D eigenvalue weighted by atomic mass is 32.2. The van der Waals surface area contributed by atoms with Crippen molar-refractivity contribution in [1.29, 1.82) is 0 Å². The molecular formula is C16H9F2NO6S. The molecule has 0 fully saturated rings. The van der Waals surface area contributed by atoms with Gasteiger partial charge in [0.05, 0.1) is 21.6 Å². The maximum atomic E-state index is 12.8. The lowest BCUT2D eigenvalue weighted by Crippen LogP contribution is -2.33. The van der Waals surface area contributed by atoms with Crippen LogP contribution in [-0.2, 0) is 14.7 Å². The molecule has 0 atom stereocenters. The summed E-state index contributed by atoms with van der Waals surface area (Å²) in [5, 5.41) is 0.165. The Morgan fingerprint density at radius 2 is 1.42 bits per heavy atom. The third-order valence-electron chi connectivity index (χ3n) is 3.58. The molecule has 26 heavy (non-hydrogen) atoms. The average molecular weight is 381 g/mol. The Hall–Kier alpha value is -3.14. The number of alkyl halides is 2. The normalized spacial score (nSPS) is 13.9. The van der Waals surface area contributed by atoms with Crippen molar-refractivity contribution in [2.45, 2.75) is 10.7 Å². The molecule has 0 bridgehead atoms. The molecule has 0 aliphatic carbocycles. The van der Waals surface area contributed by atoms with Gasteiger partial charge in [0.1, 0.15) is 0 Å². The first-order valence-corrected chi connectivity index (χ1v) is 8.61. The number of nitrogens with zero attached hydrogens (tertiary/aromatic N) is 1. The Balaban J connectivity index is 1.94. The van der Waals surface area contributed by atoms with E-state index in [2.05, 4.69) is 0 Å². The molecule has 1 aliphatic rings. The predicted octanol–water partition coefficient (Wildman–Crippen LogP) is 2.05. The van der Waals surface area contributed by atoms with Crippen molar-refractivity contribution in [2.24, 2.45) is 0 Å². The Morgan fingerprint density at radius 3 is 1.96 bits per heavy atom. The number of carbonyl (C=O) groups is 3. The van der Waals surface area contributed by atoms with Crippen LogP contribution >= 0.6 is 0 Å². The van der Waals surface area contributed by atoms with Crippen molar-refractivity contribution in [3.05, 3.63) is 65.2 Å². The number of hydroxylamine groups is 2. The van der Waals surface area contributed by atoms with E-state index in [9.17, 15) is 31.6 Å². The molecule has 2 amide bonds. The second kappa shape index (κ2) is 6.30. The average Bonchev–Trinajstić information content (AvgIpc) is 2.87. The van der Waals surface area contributed by atoms with Crippen molar-refractivity contribution in [3.8, 4) is 0 Å². The lowest BCUT2D eigenvalue weighted by Gasteiger charge is -2.14. The van der Waals surface area contributed by atoms with Gasteiger partial charge >= 0.3 is 11.7 Å². The fourth-order valence-corrected chi connectivity index (χ4v) is 3.28. The molecule has 0 saturated carbocycles. The molecule has 0 spiro atoms. The van der Waals surface area contributed by atoms with Gasteiger partial charge < -0.3 is 4.84 Å². The number of halogens is 2. The molecule has 0 radical (unpaired) electrons. The van der Waals surface area contributed by atoms with Gasteiger partial charge in [-0.05, 0) is 24.3 Å². The van der Waals surface area contributed by atoms with E-state index in [-0.39, 0.29) is 16.2 Å². The first-order chi connectivity index (χ1) is 12.2. The maximum absolute atomic E-state index is 12.8. The molecule has 2 aromatic rings. The molecule has 0 aromatic heterocycles. The van der Waals surface area contributed by atoms with E-state index in [1.807, 2.05) is 0 Å². The first kappa shape index (κ1) is 17.7. The molecule has 0 unspecified atom stereocenters. The van der Waals surface area contributed by atoms with Gasteiger partial charge in [-0.1, -0.05) is 29.3 Å². The van der Waals surface area contributed by atoms with E-state index in [1.54, 1.807) is 0 Å². The number of imide groups is 1. The predicted molar refractivity (Wildman–Crippen MR) is 82.0 cm³/mol. The fraction of sp³-hybridized carbons (Fsp3) is 0.0625. The molecule has 0 saturated heterocycles. The lowest BCUT2D eigenvalue weighted by atomic mass is 10.1. The maximum Gasteiger partial charge on any atom is 0.365 e. The quantitative estimate of drug-likeness (QED) is 0.752. The van der Waals surface area contributed by atoms with Gasteiger partial charge in [-0.15, -0.1) is 0 Å². The van der Waals surface area contributed by atoms with Crippen LogP contribution in [0.4, 0.5) is 8.78 Å². The minimum Gasteiger partial charge on any atom is -0.324 e. The third-order valence-corrected chi connectivity index (χ3v) is 5.02. The number of hydrogen-bond acceptors (Lipinski definition) is 6. The van der Waals surface area contributed by atoms with Gasteiger partial charge in [0.15, 0.2) is 0 Å². The van der Waals surface area contributed by atoms with Crippen molar-refractivity contribution in [1.82, 2.24) is 5.06 Å². The summed E-state index contributed by atoms with van der Waals surface area (Å²) < 4.78 is 49.0. The van der Waals surface area contributed by atoms with Crippen LogP contribution < -0.4 is 0 Å². The Labute approximate surface area is 145 Å². The topological polar surface area (TPSA) is 97.8 Å². The lowest BCUT2D eigenvalue weighted by molar-refractivity contribution is -0.0587. The number of carbonyl (C=O) groups excluding carboxylic acids is 3. The molecule has 3 rings (SSSR count). The van der Waals surface area contributed by atoms with Crippen LogP contribution in [0.15, 0.2) is 53.4 Å². The monoisotopic (exact) mass is 381 g/mol. The largest absolute Gasteiger partial charge is 0.365 e. The standard InChI is InChI=1S/C16H9F2NO6S/c17-16(18)26(23,24)12-8-4-3-7-11(12)15(22)25-19-13(20)9-5-1-2-6-10(9)14(19)21/h1-8,16H. The van der Waals surface area contributed by atoms with Crippen molar-refractivity contribution >= 4 is 27.6 Å². The zero-order valence-electron chi connectivity index (χ0n) is 12.8. The summed E-state index contributed by atoms with van der Waals surface area (Å²) in [5.41, 5.74) is -0.720. The van der Waals surface area contributed by atoms with Crippen LogP contribution in [0.1, 0.15) is 31.1 Å². The van der Waals surface area contributed by atoms with Crippen LogP contribution in [0.2, 0.25) is 0 Å². The highest BCUT2D eigenvalue weighted by molar-refractivity contribution is 7.91. The summed E-state index contributed by atoms with van der Waals surface area (Å²) in [6.07, 6.45) is 0. The SMILES string of the molecule is O=C(ON1C(=O)c2ccccc2C1=O)c1ccccc1S(=O)(=O)C(F)F. The minimum atomic E-state index is -5.09. The van der Waals surface area contributed by atoms with E-state index >= 15 is 0 Å². The highest BCUT2D eigenvalue weighted by Crippen LogP contribution is 2.26. The fourth-order valence-electron chi connectivity index (χ4n) is 2.36. The van der Waals surface area contributed by atoms with Crippen LogP contribution in [0.5, 0.6) is 0 Å². The van der Waals surface area contributed by atoms with Gasteiger partial charge in [0.25, 0.3) is 11.8 Å². The number of rotatable bonds is 4. The van der Waals surface area contributed by atoms with E-state index in [0.717, 1.165) is 18.2 Å². The second-order valence-corrected chi connectivity index (χ2v) is 7.02. The first-order valence-electron chi connectivity index (χ1n) is 7.06. The number of benzene rings is 2. The van der Waals surface area contributed by atoms with E-state index < -0.39 is 43.8 Å². The zero-order chi connectivity index (χ0) is 19.1. The molecule has 2 aromatic carbocycles. The summed E-state index contributed by atoms with van der Waals surface area (Å²) >= 11 is 0. The molecule has 10 heteroatoms. The summed E-state index contributed by atoms with van der Waals surface area (Å²) in [6.45, 7) is 0. The summed E-state index contributed by atoms with van der Waals surface area (Å²) in [4.78, 5) is 40.3. The number of sulfone groups is 1. The van der Waals surface area contributed by atoms with E-state index in [1.165, 1.54) is 30.3 Å². The van der Waals surface area contributed by atoms with Crippen molar-refractivity contribution in [3.63, 3.8) is 0 Å². The van der Waals surface area contributed by atoms with Gasteiger partial charge in [-0.3, -0.25) is 9.59 Å². The summed E-state index contributed by atoms with van der Waals surface area (Å²) in [7, 11) is -5.09. The number of amides is 2. The van der Waals surface area contributed by atoms with Crippen LogP contribution in [-0.4, -0.2) is 37.0 Å². The molecular weight excluding hydrogens is 372 g/mol. The Morgan fingerprint density at radius 1 is 0.923 bits per heavy atom.